The molecule has 1 aliphatic rings. The maximum atomic E-state index is 12.3. The van der Waals surface area contributed by atoms with Gasteiger partial charge in [0, 0.05) is 18.3 Å². The van der Waals surface area contributed by atoms with Crippen LogP contribution in [0.2, 0.25) is 5.02 Å². The minimum Gasteiger partial charge on any atom is -0.348 e. The Balaban J connectivity index is 1.92. The summed E-state index contributed by atoms with van der Waals surface area (Å²) in [7, 11) is 0. The lowest BCUT2D eigenvalue weighted by atomic mass is 10.1. The van der Waals surface area contributed by atoms with E-state index >= 15 is 0 Å². The fourth-order valence-electron chi connectivity index (χ4n) is 3.34. The Hall–Kier alpha value is -1.13. The van der Waals surface area contributed by atoms with Crippen LogP contribution in [0, 0.1) is 0 Å². The zero-order valence-electron chi connectivity index (χ0n) is 13.5. The van der Waals surface area contributed by atoms with Crippen molar-refractivity contribution in [2.24, 2.45) is 0 Å². The molecular formula is C17H26ClN3O. The molecule has 22 heavy (non-hydrogen) atoms. The molecule has 2 rings (SSSR count). The highest BCUT2D eigenvalue weighted by Crippen LogP contribution is 2.23. The van der Waals surface area contributed by atoms with Crippen LogP contribution in [-0.4, -0.2) is 41.0 Å². The minimum atomic E-state index is -0.156. The summed E-state index contributed by atoms with van der Waals surface area (Å²) >= 11 is 6.04. The summed E-state index contributed by atoms with van der Waals surface area (Å²) in [5.41, 5.74) is 0.328. The van der Waals surface area contributed by atoms with Crippen LogP contribution < -0.4 is 5.32 Å². The van der Waals surface area contributed by atoms with E-state index in [0.29, 0.717) is 16.8 Å². The number of hydrogen-bond donors (Lipinski definition) is 1. The van der Waals surface area contributed by atoms with Gasteiger partial charge in [0.2, 0.25) is 0 Å². The van der Waals surface area contributed by atoms with Crippen LogP contribution in [0.5, 0.6) is 0 Å². The number of aromatic nitrogens is 1. The summed E-state index contributed by atoms with van der Waals surface area (Å²) in [6, 6.07) is 4.31. The predicted molar refractivity (Wildman–Crippen MR) is 90.3 cm³/mol. The van der Waals surface area contributed by atoms with Crippen LogP contribution >= 0.6 is 11.6 Å². The van der Waals surface area contributed by atoms with E-state index in [9.17, 15) is 4.79 Å². The molecular weight excluding hydrogens is 298 g/mol. The molecule has 2 unspecified atom stereocenters. The molecule has 0 spiro atoms. The van der Waals surface area contributed by atoms with Crippen molar-refractivity contribution < 1.29 is 4.79 Å². The van der Waals surface area contributed by atoms with E-state index in [4.69, 9.17) is 11.6 Å². The molecule has 1 aromatic heterocycles. The summed E-state index contributed by atoms with van der Waals surface area (Å²) in [6.45, 7) is 6.64. The number of halogens is 1. The van der Waals surface area contributed by atoms with Crippen LogP contribution in [0.25, 0.3) is 0 Å². The molecule has 1 N–H and O–H groups in total. The summed E-state index contributed by atoms with van der Waals surface area (Å²) < 4.78 is 0. The largest absolute Gasteiger partial charge is 0.348 e. The molecule has 1 heterocycles. The molecule has 0 aliphatic heterocycles. The van der Waals surface area contributed by atoms with Gasteiger partial charge in [-0.25, -0.2) is 4.98 Å². The smallest absolute Gasteiger partial charge is 0.271 e. The Bertz CT molecular complexity index is 491. The van der Waals surface area contributed by atoms with Gasteiger partial charge < -0.3 is 10.2 Å². The molecule has 1 saturated carbocycles. The normalized spacial score (nSPS) is 22.4. The molecule has 4 nitrogen and oxygen atoms in total. The Morgan fingerprint density at radius 2 is 2.09 bits per heavy atom. The highest BCUT2D eigenvalue weighted by Gasteiger charge is 2.24. The van der Waals surface area contributed by atoms with Gasteiger partial charge in [-0.3, -0.25) is 4.79 Å². The van der Waals surface area contributed by atoms with Gasteiger partial charge in [0.1, 0.15) is 5.69 Å². The average molecular weight is 324 g/mol. The molecule has 0 bridgehead atoms. The van der Waals surface area contributed by atoms with Crippen molar-refractivity contribution >= 4 is 17.5 Å². The molecule has 5 heteroatoms. The zero-order chi connectivity index (χ0) is 15.9. The molecule has 1 fully saturated rings. The molecule has 0 saturated heterocycles. The third-order valence-electron chi connectivity index (χ3n) is 4.58. The van der Waals surface area contributed by atoms with Crippen molar-refractivity contribution in [3.8, 4) is 0 Å². The van der Waals surface area contributed by atoms with Gasteiger partial charge in [-0.05, 0) is 57.3 Å². The van der Waals surface area contributed by atoms with E-state index in [1.165, 1.54) is 6.42 Å². The Morgan fingerprint density at radius 1 is 1.32 bits per heavy atom. The van der Waals surface area contributed by atoms with Gasteiger partial charge in [0.25, 0.3) is 5.91 Å². The summed E-state index contributed by atoms with van der Waals surface area (Å²) in [4.78, 5) is 18.9. The second-order valence-corrected chi connectivity index (χ2v) is 6.29. The summed E-state index contributed by atoms with van der Waals surface area (Å²) in [6.07, 6.45) is 7.18. The molecule has 122 valence electrons. The maximum Gasteiger partial charge on any atom is 0.271 e. The van der Waals surface area contributed by atoms with E-state index in [1.54, 1.807) is 18.3 Å². The van der Waals surface area contributed by atoms with Gasteiger partial charge in [-0.1, -0.05) is 25.4 Å². The van der Waals surface area contributed by atoms with Gasteiger partial charge in [0.05, 0.1) is 5.02 Å². The van der Waals surface area contributed by atoms with Gasteiger partial charge in [0.15, 0.2) is 0 Å². The van der Waals surface area contributed by atoms with Crippen molar-refractivity contribution in [2.45, 2.75) is 58.0 Å². The number of pyridine rings is 1. The van der Waals surface area contributed by atoms with Crippen LogP contribution in [-0.2, 0) is 0 Å². The van der Waals surface area contributed by atoms with Crippen molar-refractivity contribution in [3.05, 3.63) is 29.0 Å². The molecule has 1 aromatic rings. The number of hydrogen-bond acceptors (Lipinski definition) is 3. The molecule has 0 radical (unpaired) electrons. The predicted octanol–water partition coefficient (Wildman–Crippen LogP) is 3.51. The first kappa shape index (κ1) is 17.2. The zero-order valence-corrected chi connectivity index (χ0v) is 14.3. The maximum absolute atomic E-state index is 12.3. The van der Waals surface area contributed by atoms with Crippen LogP contribution in [0.1, 0.15) is 56.4 Å². The lowest BCUT2D eigenvalue weighted by Gasteiger charge is -2.28. The second kappa shape index (κ2) is 8.49. The van der Waals surface area contributed by atoms with Crippen LogP contribution in [0.3, 0.4) is 0 Å². The van der Waals surface area contributed by atoms with E-state index < -0.39 is 0 Å². The van der Waals surface area contributed by atoms with Gasteiger partial charge in [-0.15, -0.1) is 0 Å². The first-order chi connectivity index (χ1) is 10.7. The third-order valence-corrected chi connectivity index (χ3v) is 4.88. The number of carbonyl (C=O) groups is 1. The lowest BCUT2D eigenvalue weighted by molar-refractivity contribution is 0.0927. The Kier molecular flexibility index (Phi) is 6.65. The number of rotatable bonds is 5. The van der Waals surface area contributed by atoms with Crippen molar-refractivity contribution in [2.75, 3.05) is 13.1 Å². The second-order valence-electron chi connectivity index (χ2n) is 5.89. The standard InChI is InChI=1S/C17H26ClN3O/c1-3-21(4-2)14-8-5-7-13(10-11-14)20-17(22)16-15(18)9-6-12-19-16/h6,9,12-14H,3-5,7-8,10-11H2,1-2H3,(H,20,22). The highest BCUT2D eigenvalue weighted by atomic mass is 35.5. The summed E-state index contributed by atoms with van der Waals surface area (Å²) in [5, 5.41) is 3.52. The van der Waals surface area contributed by atoms with Gasteiger partial charge in [-0.2, -0.15) is 0 Å². The molecule has 1 aliphatic carbocycles. The average Bonchev–Trinajstić information content (AvgIpc) is 2.75. The monoisotopic (exact) mass is 323 g/mol. The highest BCUT2D eigenvalue weighted by molar-refractivity contribution is 6.33. The third kappa shape index (κ3) is 4.43. The van der Waals surface area contributed by atoms with E-state index in [-0.39, 0.29) is 11.9 Å². The fourth-order valence-corrected chi connectivity index (χ4v) is 3.55. The van der Waals surface area contributed by atoms with Gasteiger partial charge >= 0.3 is 0 Å². The van der Waals surface area contributed by atoms with E-state index in [0.717, 1.165) is 38.8 Å². The topological polar surface area (TPSA) is 45.2 Å². The van der Waals surface area contributed by atoms with Crippen LogP contribution in [0.15, 0.2) is 18.3 Å². The van der Waals surface area contributed by atoms with Crippen LogP contribution in [0.4, 0.5) is 0 Å². The van der Waals surface area contributed by atoms with Crippen molar-refractivity contribution in [1.29, 1.82) is 0 Å². The first-order valence-electron chi connectivity index (χ1n) is 8.31. The van der Waals surface area contributed by atoms with Crippen molar-refractivity contribution in [1.82, 2.24) is 15.2 Å². The van der Waals surface area contributed by atoms with E-state index in [2.05, 4.69) is 29.0 Å². The molecule has 2 atom stereocenters. The van der Waals surface area contributed by atoms with E-state index in [1.807, 2.05) is 0 Å². The molecule has 0 aromatic carbocycles. The summed E-state index contributed by atoms with van der Waals surface area (Å²) in [5.74, 6) is -0.156. The minimum absolute atomic E-state index is 0.156. The Labute approximate surface area is 138 Å². The fraction of sp³-hybridized carbons (Fsp3) is 0.647. The number of amides is 1. The first-order valence-corrected chi connectivity index (χ1v) is 8.68. The number of carbonyl (C=O) groups excluding carboxylic acids is 1. The quantitative estimate of drug-likeness (QED) is 0.843. The van der Waals surface area contributed by atoms with Crippen molar-refractivity contribution in [3.63, 3.8) is 0 Å². The number of nitrogens with zero attached hydrogens (tertiary/aromatic N) is 2. The Morgan fingerprint density at radius 3 is 2.77 bits per heavy atom. The molecule has 1 amide bonds. The SMILES string of the molecule is CCN(CC)C1CCCC(NC(=O)c2ncccc2Cl)CC1. The number of nitrogens with one attached hydrogen (secondary N) is 1. The lowest BCUT2D eigenvalue weighted by Crippen LogP contribution is -2.37.